The molecule has 2 heteroatoms. The molecule has 1 atom stereocenters. The SMILES string of the molecule is CCSc1ccccc1NC(c1ccc(C)cc1)C1CC1. The summed E-state index contributed by atoms with van der Waals surface area (Å²) in [7, 11) is 0. The molecule has 0 heterocycles. The average molecular weight is 297 g/mol. The van der Waals surface area contributed by atoms with Crippen molar-refractivity contribution in [1.82, 2.24) is 0 Å². The van der Waals surface area contributed by atoms with Crippen molar-refractivity contribution in [3.05, 3.63) is 59.7 Å². The fourth-order valence-electron chi connectivity index (χ4n) is 2.71. The second-order valence-electron chi connectivity index (χ2n) is 5.80. The Hall–Kier alpha value is -1.41. The fourth-order valence-corrected chi connectivity index (χ4v) is 3.48. The van der Waals surface area contributed by atoms with Crippen LogP contribution in [0.3, 0.4) is 0 Å². The van der Waals surface area contributed by atoms with Gasteiger partial charge in [0.25, 0.3) is 0 Å². The van der Waals surface area contributed by atoms with Crippen LogP contribution in [0, 0.1) is 12.8 Å². The normalized spacial score (nSPS) is 15.7. The van der Waals surface area contributed by atoms with Gasteiger partial charge < -0.3 is 5.32 Å². The van der Waals surface area contributed by atoms with Crippen LogP contribution >= 0.6 is 11.8 Å². The van der Waals surface area contributed by atoms with E-state index in [2.05, 4.69) is 67.7 Å². The zero-order chi connectivity index (χ0) is 14.7. The minimum absolute atomic E-state index is 0.448. The van der Waals surface area contributed by atoms with Gasteiger partial charge in [-0.1, -0.05) is 48.9 Å². The Kier molecular flexibility index (Phi) is 4.54. The monoisotopic (exact) mass is 297 g/mol. The first kappa shape index (κ1) is 14.5. The first-order chi connectivity index (χ1) is 10.3. The maximum atomic E-state index is 3.81. The summed E-state index contributed by atoms with van der Waals surface area (Å²) in [6.45, 7) is 4.36. The van der Waals surface area contributed by atoms with E-state index in [0.717, 1.165) is 11.7 Å². The van der Waals surface area contributed by atoms with Gasteiger partial charge in [-0.05, 0) is 49.1 Å². The molecule has 110 valence electrons. The Morgan fingerprint density at radius 1 is 1.10 bits per heavy atom. The second-order valence-corrected chi connectivity index (χ2v) is 7.11. The van der Waals surface area contributed by atoms with Crippen LogP contribution < -0.4 is 5.32 Å². The zero-order valence-electron chi connectivity index (χ0n) is 12.8. The topological polar surface area (TPSA) is 12.0 Å². The van der Waals surface area contributed by atoms with Gasteiger partial charge in [-0.2, -0.15) is 0 Å². The van der Waals surface area contributed by atoms with Gasteiger partial charge in [0, 0.05) is 10.6 Å². The Morgan fingerprint density at radius 3 is 2.48 bits per heavy atom. The predicted octanol–water partition coefficient (Wildman–Crippen LogP) is 5.67. The van der Waals surface area contributed by atoms with E-state index in [9.17, 15) is 0 Å². The molecule has 1 N–H and O–H groups in total. The average Bonchev–Trinajstić information content (AvgIpc) is 3.32. The summed E-state index contributed by atoms with van der Waals surface area (Å²) in [5.41, 5.74) is 4.02. The lowest BCUT2D eigenvalue weighted by molar-refractivity contribution is 0.677. The minimum Gasteiger partial charge on any atom is -0.377 e. The summed E-state index contributed by atoms with van der Waals surface area (Å²) in [5.74, 6) is 1.89. The maximum Gasteiger partial charge on any atom is 0.0542 e. The summed E-state index contributed by atoms with van der Waals surface area (Å²) in [5, 5.41) is 3.81. The number of thioether (sulfide) groups is 1. The number of nitrogens with one attached hydrogen (secondary N) is 1. The molecule has 3 rings (SSSR count). The van der Waals surface area contributed by atoms with Crippen LogP contribution in [0.15, 0.2) is 53.4 Å². The molecule has 0 saturated heterocycles. The minimum atomic E-state index is 0.448. The number of anilines is 1. The van der Waals surface area contributed by atoms with E-state index in [1.165, 1.54) is 34.6 Å². The van der Waals surface area contributed by atoms with Crippen LogP contribution in [0.25, 0.3) is 0 Å². The fraction of sp³-hybridized carbons (Fsp3) is 0.368. The largest absolute Gasteiger partial charge is 0.377 e. The molecule has 2 aromatic rings. The third-order valence-corrected chi connectivity index (χ3v) is 4.98. The summed E-state index contributed by atoms with van der Waals surface area (Å²) >= 11 is 1.91. The number of benzene rings is 2. The molecular weight excluding hydrogens is 274 g/mol. The van der Waals surface area contributed by atoms with Crippen molar-refractivity contribution in [3.63, 3.8) is 0 Å². The number of rotatable bonds is 6. The van der Waals surface area contributed by atoms with Crippen molar-refractivity contribution >= 4 is 17.4 Å². The van der Waals surface area contributed by atoms with E-state index in [0.29, 0.717) is 6.04 Å². The van der Waals surface area contributed by atoms with Gasteiger partial charge >= 0.3 is 0 Å². The molecule has 0 aromatic heterocycles. The standard InChI is InChI=1S/C19H23NS/c1-3-21-18-7-5-4-6-17(18)20-19(16-12-13-16)15-10-8-14(2)9-11-15/h4-11,16,19-20H,3,12-13H2,1-2H3. The van der Waals surface area contributed by atoms with E-state index in [4.69, 9.17) is 0 Å². The Morgan fingerprint density at radius 2 is 1.81 bits per heavy atom. The molecule has 0 radical (unpaired) electrons. The molecular formula is C19H23NS. The van der Waals surface area contributed by atoms with E-state index in [1.807, 2.05) is 11.8 Å². The summed E-state index contributed by atoms with van der Waals surface area (Å²) in [6.07, 6.45) is 2.68. The van der Waals surface area contributed by atoms with Crippen LogP contribution in [0.1, 0.15) is 36.9 Å². The highest BCUT2D eigenvalue weighted by Crippen LogP contribution is 2.44. The second kappa shape index (κ2) is 6.57. The lowest BCUT2D eigenvalue weighted by atomic mass is 10.0. The molecule has 0 spiro atoms. The Labute approximate surface area is 132 Å². The van der Waals surface area contributed by atoms with Gasteiger partial charge in [0.15, 0.2) is 0 Å². The highest BCUT2D eigenvalue weighted by Gasteiger charge is 2.32. The molecule has 21 heavy (non-hydrogen) atoms. The molecule has 1 aliphatic rings. The molecule has 1 unspecified atom stereocenters. The van der Waals surface area contributed by atoms with E-state index in [1.54, 1.807) is 0 Å². The first-order valence-electron chi connectivity index (χ1n) is 7.83. The lowest BCUT2D eigenvalue weighted by Crippen LogP contribution is -2.13. The van der Waals surface area contributed by atoms with Crippen molar-refractivity contribution in [1.29, 1.82) is 0 Å². The maximum absolute atomic E-state index is 3.81. The van der Waals surface area contributed by atoms with Crippen LogP contribution in [-0.4, -0.2) is 5.75 Å². The van der Waals surface area contributed by atoms with Gasteiger partial charge in [0.2, 0.25) is 0 Å². The lowest BCUT2D eigenvalue weighted by Gasteiger charge is -2.22. The number of hydrogen-bond donors (Lipinski definition) is 1. The number of aryl methyl sites for hydroxylation is 1. The smallest absolute Gasteiger partial charge is 0.0542 e. The summed E-state index contributed by atoms with van der Waals surface area (Å²) < 4.78 is 0. The van der Waals surface area contributed by atoms with E-state index in [-0.39, 0.29) is 0 Å². The van der Waals surface area contributed by atoms with E-state index >= 15 is 0 Å². The van der Waals surface area contributed by atoms with Crippen LogP contribution in [-0.2, 0) is 0 Å². The molecule has 1 aliphatic carbocycles. The van der Waals surface area contributed by atoms with Gasteiger partial charge in [0.05, 0.1) is 6.04 Å². The van der Waals surface area contributed by atoms with Crippen molar-refractivity contribution in [2.75, 3.05) is 11.1 Å². The highest BCUT2D eigenvalue weighted by molar-refractivity contribution is 7.99. The van der Waals surface area contributed by atoms with Crippen LogP contribution in [0.4, 0.5) is 5.69 Å². The molecule has 0 bridgehead atoms. The molecule has 0 aliphatic heterocycles. The third-order valence-electron chi connectivity index (χ3n) is 4.03. The summed E-state index contributed by atoms with van der Waals surface area (Å²) in [4.78, 5) is 1.36. The van der Waals surface area contributed by atoms with Gasteiger partial charge in [0.1, 0.15) is 0 Å². The quantitative estimate of drug-likeness (QED) is 0.689. The van der Waals surface area contributed by atoms with Crippen molar-refractivity contribution in [2.24, 2.45) is 5.92 Å². The molecule has 2 aromatic carbocycles. The van der Waals surface area contributed by atoms with Gasteiger partial charge in [-0.25, -0.2) is 0 Å². The first-order valence-corrected chi connectivity index (χ1v) is 8.81. The van der Waals surface area contributed by atoms with Gasteiger partial charge in [-0.15, -0.1) is 11.8 Å². The van der Waals surface area contributed by atoms with Crippen molar-refractivity contribution < 1.29 is 0 Å². The van der Waals surface area contributed by atoms with Crippen LogP contribution in [0.2, 0.25) is 0 Å². The molecule has 1 saturated carbocycles. The van der Waals surface area contributed by atoms with Crippen LogP contribution in [0.5, 0.6) is 0 Å². The zero-order valence-corrected chi connectivity index (χ0v) is 13.6. The number of para-hydroxylation sites is 1. The highest BCUT2D eigenvalue weighted by atomic mass is 32.2. The Bertz CT molecular complexity index is 587. The number of hydrogen-bond acceptors (Lipinski definition) is 2. The predicted molar refractivity (Wildman–Crippen MR) is 93.1 cm³/mol. The third kappa shape index (κ3) is 3.62. The van der Waals surface area contributed by atoms with Crippen molar-refractivity contribution in [2.45, 2.75) is 37.6 Å². The molecule has 1 nitrogen and oxygen atoms in total. The van der Waals surface area contributed by atoms with E-state index < -0.39 is 0 Å². The Balaban J connectivity index is 1.84. The van der Waals surface area contributed by atoms with Gasteiger partial charge in [-0.3, -0.25) is 0 Å². The molecule has 1 fully saturated rings. The summed E-state index contributed by atoms with van der Waals surface area (Å²) in [6, 6.07) is 18.1. The van der Waals surface area contributed by atoms with Crippen molar-refractivity contribution in [3.8, 4) is 0 Å². The molecule has 0 amide bonds.